The molecule has 0 radical (unpaired) electrons. The van der Waals surface area contributed by atoms with E-state index in [1.807, 2.05) is 31.2 Å². The normalized spacial score (nSPS) is 25.2. The highest BCUT2D eigenvalue weighted by atomic mass is 16.7. The number of benzene rings is 2. The number of aliphatic hydroxyl groups excluding tert-OH is 3. The van der Waals surface area contributed by atoms with E-state index in [1.54, 1.807) is 7.11 Å². The first kappa shape index (κ1) is 28.3. The number of carbonyl (C=O) groups excluding carboxylic acids is 1. The molecular formula is C25H32N2O10. The molecule has 202 valence electrons. The number of hydrogen-bond acceptors (Lipinski definition) is 10. The molecule has 37 heavy (non-hydrogen) atoms. The van der Waals surface area contributed by atoms with Gasteiger partial charge in [-0.1, -0.05) is 18.2 Å². The molecule has 0 aromatic heterocycles. The second-order valence-corrected chi connectivity index (χ2v) is 8.76. The van der Waals surface area contributed by atoms with Gasteiger partial charge in [0.15, 0.2) is 12.4 Å². The molecule has 1 aliphatic heterocycles. The maximum Gasteiger partial charge on any atom is 0.335 e. The molecule has 7 N–H and O–H groups in total. The lowest BCUT2D eigenvalue weighted by Gasteiger charge is -2.40. The lowest BCUT2D eigenvalue weighted by Crippen LogP contribution is -2.60. The summed E-state index contributed by atoms with van der Waals surface area (Å²) >= 11 is 0. The standard InChI is InChI=1S/C25H32N2O10/c1-13(9-14-3-6-16(35-2)7-4-14)26-11-19(15-5-8-18(29)17(10-15)27-12-28)36-25-22(32)20(30)21(31)23(37-25)24(33)34/h3-8,10,12-13,19-23,25-26,29-32H,9,11H2,1-2H3,(H,27,28)(H,33,34). The molecule has 1 heterocycles. The maximum atomic E-state index is 11.5. The molecule has 0 spiro atoms. The predicted molar refractivity (Wildman–Crippen MR) is 130 cm³/mol. The van der Waals surface area contributed by atoms with E-state index in [0.29, 0.717) is 18.4 Å². The number of nitrogens with one attached hydrogen (secondary N) is 2. The molecule has 0 saturated carbocycles. The first-order valence-electron chi connectivity index (χ1n) is 11.6. The van der Waals surface area contributed by atoms with Gasteiger partial charge in [0.1, 0.15) is 29.8 Å². The van der Waals surface area contributed by atoms with Crippen LogP contribution in [0, 0.1) is 0 Å². The molecule has 2 aromatic rings. The summed E-state index contributed by atoms with van der Waals surface area (Å²) in [5.41, 5.74) is 1.61. The molecule has 3 rings (SSSR count). The number of rotatable bonds is 12. The van der Waals surface area contributed by atoms with Crippen LogP contribution < -0.4 is 15.4 Å². The van der Waals surface area contributed by atoms with Crippen molar-refractivity contribution in [3.8, 4) is 11.5 Å². The Bertz CT molecular complexity index is 1050. The number of anilines is 1. The Labute approximate surface area is 213 Å². The zero-order valence-electron chi connectivity index (χ0n) is 20.4. The minimum absolute atomic E-state index is 0.0550. The highest BCUT2D eigenvalue weighted by molar-refractivity contribution is 5.75. The van der Waals surface area contributed by atoms with E-state index in [-0.39, 0.29) is 24.0 Å². The van der Waals surface area contributed by atoms with Gasteiger partial charge in [-0.3, -0.25) is 4.79 Å². The summed E-state index contributed by atoms with van der Waals surface area (Å²) in [6, 6.07) is 11.9. The fourth-order valence-electron chi connectivity index (χ4n) is 4.00. The quantitative estimate of drug-likeness (QED) is 0.149. The summed E-state index contributed by atoms with van der Waals surface area (Å²) in [5.74, 6) is -0.978. The third kappa shape index (κ3) is 7.16. The fraction of sp³-hybridized carbons (Fsp3) is 0.440. The summed E-state index contributed by atoms with van der Waals surface area (Å²) in [4.78, 5) is 22.4. The van der Waals surface area contributed by atoms with Crippen molar-refractivity contribution in [2.24, 2.45) is 0 Å². The topological polar surface area (TPSA) is 187 Å². The molecule has 7 unspecified atom stereocenters. The first-order valence-corrected chi connectivity index (χ1v) is 11.6. The Balaban J connectivity index is 1.79. The number of ether oxygens (including phenoxy) is 3. The van der Waals surface area contributed by atoms with Crippen LogP contribution in [0.5, 0.6) is 11.5 Å². The van der Waals surface area contributed by atoms with Gasteiger partial charge in [-0.2, -0.15) is 0 Å². The third-order valence-corrected chi connectivity index (χ3v) is 6.07. The van der Waals surface area contributed by atoms with Crippen LogP contribution in [-0.2, 0) is 25.5 Å². The van der Waals surface area contributed by atoms with Gasteiger partial charge in [0.25, 0.3) is 0 Å². The highest BCUT2D eigenvalue weighted by Crippen LogP contribution is 2.31. The lowest BCUT2D eigenvalue weighted by molar-refractivity contribution is -0.305. The van der Waals surface area contributed by atoms with Crippen molar-refractivity contribution in [3.63, 3.8) is 0 Å². The molecule has 1 amide bonds. The van der Waals surface area contributed by atoms with Crippen molar-refractivity contribution in [1.29, 1.82) is 0 Å². The third-order valence-electron chi connectivity index (χ3n) is 6.07. The van der Waals surface area contributed by atoms with Crippen LogP contribution in [0.4, 0.5) is 5.69 Å². The van der Waals surface area contributed by atoms with Crippen LogP contribution in [0.1, 0.15) is 24.2 Å². The number of phenolic OH excluding ortho intramolecular Hbond substituents is 1. The van der Waals surface area contributed by atoms with E-state index >= 15 is 0 Å². The second-order valence-electron chi connectivity index (χ2n) is 8.76. The van der Waals surface area contributed by atoms with E-state index in [9.17, 15) is 35.1 Å². The Hall–Kier alpha value is -3.26. The molecular weight excluding hydrogens is 488 g/mol. The number of phenols is 1. The van der Waals surface area contributed by atoms with Gasteiger partial charge in [0.05, 0.1) is 18.9 Å². The Kier molecular flexibility index (Phi) is 9.80. The molecule has 1 fully saturated rings. The van der Waals surface area contributed by atoms with Crippen molar-refractivity contribution in [2.75, 3.05) is 19.0 Å². The van der Waals surface area contributed by atoms with E-state index in [0.717, 1.165) is 11.3 Å². The molecule has 1 saturated heterocycles. The van der Waals surface area contributed by atoms with Crippen molar-refractivity contribution in [2.45, 2.75) is 56.2 Å². The number of aliphatic hydroxyl groups is 3. The van der Waals surface area contributed by atoms with E-state index < -0.39 is 42.8 Å². The average molecular weight is 521 g/mol. The van der Waals surface area contributed by atoms with E-state index in [4.69, 9.17) is 14.2 Å². The summed E-state index contributed by atoms with van der Waals surface area (Å²) in [6.07, 6.45) is -8.68. The van der Waals surface area contributed by atoms with Gasteiger partial charge >= 0.3 is 5.97 Å². The smallest absolute Gasteiger partial charge is 0.335 e. The first-order chi connectivity index (χ1) is 17.6. The van der Waals surface area contributed by atoms with Gasteiger partial charge < -0.3 is 50.4 Å². The lowest BCUT2D eigenvalue weighted by atomic mass is 9.98. The molecule has 0 aliphatic carbocycles. The molecule has 2 aromatic carbocycles. The maximum absolute atomic E-state index is 11.5. The predicted octanol–water partition coefficient (Wildman–Crippen LogP) is 0.140. The van der Waals surface area contributed by atoms with Crippen LogP contribution in [-0.4, -0.2) is 88.3 Å². The summed E-state index contributed by atoms with van der Waals surface area (Å²) in [7, 11) is 1.59. The van der Waals surface area contributed by atoms with Gasteiger partial charge in [-0.15, -0.1) is 0 Å². The second kappa shape index (κ2) is 12.8. The number of amides is 1. The van der Waals surface area contributed by atoms with E-state index in [1.165, 1.54) is 18.2 Å². The van der Waals surface area contributed by atoms with Gasteiger partial charge in [0, 0.05) is 12.6 Å². The number of aliphatic carboxylic acids is 1. The molecule has 12 nitrogen and oxygen atoms in total. The van der Waals surface area contributed by atoms with Gasteiger partial charge in [-0.25, -0.2) is 4.79 Å². The average Bonchev–Trinajstić information content (AvgIpc) is 2.88. The summed E-state index contributed by atoms with van der Waals surface area (Å²) in [6.45, 7) is 2.09. The Morgan fingerprint density at radius 3 is 2.43 bits per heavy atom. The number of carbonyl (C=O) groups is 2. The molecule has 12 heteroatoms. The fourth-order valence-corrected chi connectivity index (χ4v) is 4.00. The number of carboxylic acid groups (broad SMARTS) is 1. The van der Waals surface area contributed by atoms with Crippen LogP contribution in [0.25, 0.3) is 0 Å². The number of methoxy groups -OCH3 is 1. The number of hydrogen-bond donors (Lipinski definition) is 7. The van der Waals surface area contributed by atoms with Crippen LogP contribution in [0.3, 0.4) is 0 Å². The SMILES string of the molecule is COc1ccc(CC(C)NCC(OC2OC(C(=O)O)C(O)C(O)C2O)c2ccc(O)c(NC=O)c2)cc1. The largest absolute Gasteiger partial charge is 0.506 e. The number of carboxylic acids is 1. The van der Waals surface area contributed by atoms with Crippen LogP contribution in [0.15, 0.2) is 42.5 Å². The Morgan fingerprint density at radius 1 is 1.11 bits per heavy atom. The number of aromatic hydroxyl groups is 1. The molecule has 1 aliphatic rings. The Morgan fingerprint density at radius 2 is 1.81 bits per heavy atom. The molecule has 0 bridgehead atoms. The molecule has 7 atom stereocenters. The minimum Gasteiger partial charge on any atom is -0.506 e. The summed E-state index contributed by atoms with van der Waals surface area (Å²) < 4.78 is 16.4. The monoisotopic (exact) mass is 520 g/mol. The minimum atomic E-state index is -1.86. The zero-order chi connectivity index (χ0) is 27.1. The summed E-state index contributed by atoms with van der Waals surface area (Å²) in [5, 5.41) is 55.6. The van der Waals surface area contributed by atoms with Crippen molar-refractivity contribution in [1.82, 2.24) is 5.32 Å². The van der Waals surface area contributed by atoms with Gasteiger partial charge in [-0.05, 0) is 48.7 Å². The van der Waals surface area contributed by atoms with E-state index in [2.05, 4.69) is 10.6 Å². The zero-order valence-corrected chi connectivity index (χ0v) is 20.4. The van der Waals surface area contributed by atoms with Crippen LogP contribution in [0.2, 0.25) is 0 Å². The highest BCUT2D eigenvalue weighted by Gasteiger charge is 2.48. The van der Waals surface area contributed by atoms with Crippen molar-refractivity contribution >= 4 is 18.1 Å². The van der Waals surface area contributed by atoms with Crippen molar-refractivity contribution in [3.05, 3.63) is 53.6 Å². The van der Waals surface area contributed by atoms with Gasteiger partial charge in [0.2, 0.25) is 6.41 Å². The van der Waals surface area contributed by atoms with Crippen molar-refractivity contribution < 1.29 is 49.3 Å². The van der Waals surface area contributed by atoms with Crippen LogP contribution >= 0.6 is 0 Å².